The molecule has 2 rings (SSSR count). The molecule has 1 amide bonds. The fourth-order valence-electron chi connectivity index (χ4n) is 1.88. The van der Waals surface area contributed by atoms with E-state index in [0.717, 1.165) is 17.7 Å². The molecule has 0 aliphatic heterocycles. The Morgan fingerprint density at radius 2 is 1.95 bits per heavy atom. The van der Waals surface area contributed by atoms with Gasteiger partial charge < -0.3 is 15.8 Å². The van der Waals surface area contributed by atoms with Crippen molar-refractivity contribution in [2.24, 2.45) is 0 Å². The van der Waals surface area contributed by atoms with Crippen molar-refractivity contribution in [3.63, 3.8) is 0 Å². The average molecular weight is 270 g/mol. The number of rotatable bonds is 5. The molecule has 0 unspecified atom stereocenters. The quantitative estimate of drug-likeness (QED) is 0.819. The molecule has 0 heterocycles. The maximum absolute atomic E-state index is 11.9. The van der Waals surface area contributed by atoms with Crippen LogP contribution in [0.3, 0.4) is 0 Å². The summed E-state index contributed by atoms with van der Waals surface area (Å²) in [5.74, 6) is 0.736. The van der Waals surface area contributed by atoms with Crippen LogP contribution < -0.4 is 15.8 Å². The first-order valence-corrected chi connectivity index (χ1v) is 6.46. The van der Waals surface area contributed by atoms with Crippen LogP contribution in [0.2, 0.25) is 0 Å². The van der Waals surface area contributed by atoms with E-state index in [2.05, 4.69) is 5.32 Å². The van der Waals surface area contributed by atoms with Crippen LogP contribution in [0.4, 0.5) is 5.69 Å². The van der Waals surface area contributed by atoms with Crippen molar-refractivity contribution < 1.29 is 9.53 Å². The summed E-state index contributed by atoms with van der Waals surface area (Å²) in [4.78, 5) is 11.9. The Bertz CT molecular complexity index is 579. The fraction of sp³-hybridized carbons (Fsp3) is 0.188. The van der Waals surface area contributed by atoms with E-state index in [1.165, 1.54) is 0 Å². The fourth-order valence-corrected chi connectivity index (χ4v) is 1.88. The number of ether oxygens (including phenoxy) is 1. The van der Waals surface area contributed by atoms with Gasteiger partial charge in [-0.25, -0.2) is 0 Å². The summed E-state index contributed by atoms with van der Waals surface area (Å²) in [6.45, 7) is 0.580. The van der Waals surface area contributed by atoms with Gasteiger partial charge in [-0.2, -0.15) is 0 Å². The maximum Gasteiger partial charge on any atom is 0.251 e. The molecule has 0 aliphatic carbocycles. The maximum atomic E-state index is 11.9. The molecule has 0 fully saturated rings. The minimum Gasteiger partial charge on any atom is -0.497 e. The van der Waals surface area contributed by atoms with E-state index in [-0.39, 0.29) is 5.91 Å². The van der Waals surface area contributed by atoms with Gasteiger partial charge in [0.25, 0.3) is 5.91 Å². The summed E-state index contributed by atoms with van der Waals surface area (Å²) in [7, 11) is 1.64. The highest BCUT2D eigenvalue weighted by atomic mass is 16.5. The highest BCUT2D eigenvalue weighted by Crippen LogP contribution is 2.12. The minimum absolute atomic E-state index is 0.0899. The number of nitrogen functional groups attached to an aromatic ring is 1. The average Bonchev–Trinajstić information content (AvgIpc) is 2.48. The van der Waals surface area contributed by atoms with Gasteiger partial charge in [0.05, 0.1) is 7.11 Å². The normalized spacial score (nSPS) is 10.1. The number of anilines is 1. The molecule has 4 nitrogen and oxygen atoms in total. The van der Waals surface area contributed by atoms with Gasteiger partial charge in [-0.15, -0.1) is 0 Å². The Morgan fingerprint density at radius 3 is 2.65 bits per heavy atom. The predicted octanol–water partition coefficient (Wildman–Crippen LogP) is 2.25. The van der Waals surface area contributed by atoms with Gasteiger partial charge in [-0.1, -0.05) is 12.1 Å². The number of methoxy groups -OCH3 is 1. The lowest BCUT2D eigenvalue weighted by Gasteiger charge is -2.07. The first-order chi connectivity index (χ1) is 9.69. The second kappa shape index (κ2) is 6.61. The van der Waals surface area contributed by atoms with Crippen LogP contribution in [-0.4, -0.2) is 19.6 Å². The lowest BCUT2D eigenvalue weighted by atomic mass is 10.1. The van der Waals surface area contributed by atoms with Gasteiger partial charge in [-0.3, -0.25) is 4.79 Å². The second-order valence-electron chi connectivity index (χ2n) is 4.48. The van der Waals surface area contributed by atoms with Gasteiger partial charge >= 0.3 is 0 Å². The number of hydrogen-bond acceptors (Lipinski definition) is 3. The topological polar surface area (TPSA) is 64.3 Å². The summed E-state index contributed by atoms with van der Waals surface area (Å²) >= 11 is 0. The number of carbonyl (C=O) groups is 1. The van der Waals surface area contributed by atoms with Crippen molar-refractivity contribution in [1.82, 2.24) is 5.32 Å². The molecule has 0 bridgehead atoms. The largest absolute Gasteiger partial charge is 0.497 e. The minimum atomic E-state index is -0.0899. The number of amides is 1. The van der Waals surface area contributed by atoms with Crippen LogP contribution in [0.1, 0.15) is 15.9 Å². The van der Waals surface area contributed by atoms with Crippen LogP contribution >= 0.6 is 0 Å². The first-order valence-electron chi connectivity index (χ1n) is 6.46. The molecule has 2 aromatic carbocycles. The van der Waals surface area contributed by atoms with E-state index in [1.807, 2.05) is 24.3 Å². The summed E-state index contributed by atoms with van der Waals surface area (Å²) in [5, 5.41) is 2.88. The van der Waals surface area contributed by atoms with Crippen molar-refractivity contribution in [2.75, 3.05) is 19.4 Å². The number of nitrogens with one attached hydrogen (secondary N) is 1. The summed E-state index contributed by atoms with van der Waals surface area (Å²) in [6.07, 6.45) is 0.762. The zero-order valence-corrected chi connectivity index (χ0v) is 11.4. The molecule has 0 aliphatic rings. The molecular formula is C16H18N2O2. The molecule has 2 aromatic rings. The monoisotopic (exact) mass is 270 g/mol. The predicted molar refractivity (Wildman–Crippen MR) is 79.9 cm³/mol. The van der Waals surface area contributed by atoms with Crippen LogP contribution in [0.5, 0.6) is 5.75 Å². The molecule has 3 N–H and O–H groups in total. The van der Waals surface area contributed by atoms with Crippen molar-refractivity contribution in [3.05, 3.63) is 59.7 Å². The van der Waals surface area contributed by atoms with Gasteiger partial charge in [-0.05, 0) is 48.4 Å². The van der Waals surface area contributed by atoms with Gasteiger partial charge in [0.15, 0.2) is 0 Å². The van der Waals surface area contributed by atoms with Gasteiger partial charge in [0.1, 0.15) is 5.75 Å². The third-order valence-electron chi connectivity index (χ3n) is 3.01. The second-order valence-corrected chi connectivity index (χ2v) is 4.48. The summed E-state index contributed by atoms with van der Waals surface area (Å²) in [6, 6.07) is 14.7. The Kier molecular flexibility index (Phi) is 4.60. The number of carbonyl (C=O) groups excluding carboxylic acids is 1. The number of benzene rings is 2. The Labute approximate surface area is 118 Å². The van der Waals surface area contributed by atoms with Crippen LogP contribution in [-0.2, 0) is 6.42 Å². The molecule has 0 aromatic heterocycles. The van der Waals surface area contributed by atoms with Gasteiger partial charge in [0.2, 0.25) is 0 Å². The lowest BCUT2D eigenvalue weighted by molar-refractivity contribution is 0.0954. The van der Waals surface area contributed by atoms with Crippen LogP contribution in [0.25, 0.3) is 0 Å². The zero-order valence-electron chi connectivity index (χ0n) is 11.4. The molecule has 0 saturated carbocycles. The van der Waals surface area contributed by atoms with Crippen LogP contribution in [0, 0.1) is 0 Å². The van der Waals surface area contributed by atoms with Gasteiger partial charge in [0, 0.05) is 17.8 Å². The SMILES string of the molecule is COc1cccc(CCNC(=O)c2ccc(N)cc2)c1. The van der Waals surface area contributed by atoms with E-state index in [0.29, 0.717) is 17.8 Å². The van der Waals surface area contributed by atoms with Crippen molar-refractivity contribution in [1.29, 1.82) is 0 Å². The summed E-state index contributed by atoms with van der Waals surface area (Å²) in [5.41, 5.74) is 7.98. The third-order valence-corrected chi connectivity index (χ3v) is 3.01. The highest BCUT2D eigenvalue weighted by molar-refractivity contribution is 5.94. The Balaban J connectivity index is 1.86. The molecule has 4 heteroatoms. The summed E-state index contributed by atoms with van der Waals surface area (Å²) < 4.78 is 5.16. The number of hydrogen-bond donors (Lipinski definition) is 2. The molecule has 0 spiro atoms. The molecule has 0 saturated heterocycles. The van der Waals surface area contributed by atoms with E-state index >= 15 is 0 Å². The zero-order chi connectivity index (χ0) is 14.4. The molecule has 0 radical (unpaired) electrons. The first kappa shape index (κ1) is 13.9. The van der Waals surface area contributed by atoms with E-state index in [9.17, 15) is 4.79 Å². The van der Waals surface area contributed by atoms with E-state index in [1.54, 1.807) is 31.4 Å². The molecule has 20 heavy (non-hydrogen) atoms. The standard InChI is InChI=1S/C16H18N2O2/c1-20-15-4-2-3-12(11-15)9-10-18-16(19)13-5-7-14(17)8-6-13/h2-8,11H,9-10,17H2,1H3,(H,18,19). The Hall–Kier alpha value is -2.49. The van der Waals surface area contributed by atoms with Crippen LogP contribution in [0.15, 0.2) is 48.5 Å². The highest BCUT2D eigenvalue weighted by Gasteiger charge is 2.04. The molecular weight excluding hydrogens is 252 g/mol. The van der Waals surface area contributed by atoms with E-state index < -0.39 is 0 Å². The smallest absolute Gasteiger partial charge is 0.251 e. The Morgan fingerprint density at radius 1 is 1.20 bits per heavy atom. The van der Waals surface area contributed by atoms with Crippen molar-refractivity contribution >= 4 is 11.6 Å². The third kappa shape index (κ3) is 3.75. The lowest BCUT2D eigenvalue weighted by Crippen LogP contribution is -2.25. The molecule has 0 atom stereocenters. The van der Waals surface area contributed by atoms with E-state index in [4.69, 9.17) is 10.5 Å². The molecule has 104 valence electrons. The van der Waals surface area contributed by atoms with Crippen molar-refractivity contribution in [3.8, 4) is 5.75 Å². The number of nitrogens with two attached hydrogens (primary N) is 1. The van der Waals surface area contributed by atoms with Crippen molar-refractivity contribution in [2.45, 2.75) is 6.42 Å².